The van der Waals surface area contributed by atoms with Crippen molar-refractivity contribution in [1.29, 1.82) is 0 Å². The van der Waals surface area contributed by atoms with Crippen molar-refractivity contribution in [3.05, 3.63) is 65.7 Å². The van der Waals surface area contributed by atoms with Crippen molar-refractivity contribution in [2.45, 2.75) is 31.8 Å². The Morgan fingerprint density at radius 2 is 1.71 bits per heavy atom. The number of morpholine rings is 1. The normalized spacial score (nSPS) is 19.1. The van der Waals surface area contributed by atoms with Crippen LogP contribution in [-0.4, -0.2) is 48.6 Å². The van der Waals surface area contributed by atoms with Gasteiger partial charge in [0.1, 0.15) is 6.61 Å². The lowest BCUT2D eigenvalue weighted by molar-refractivity contribution is -0.150. The van der Waals surface area contributed by atoms with Gasteiger partial charge in [-0.05, 0) is 37.5 Å². The van der Waals surface area contributed by atoms with Gasteiger partial charge >= 0.3 is 0 Å². The third kappa shape index (κ3) is 3.94. The molecular weight excluding hydrogens is 352 g/mol. The van der Waals surface area contributed by atoms with E-state index in [0.717, 1.165) is 24.1 Å². The van der Waals surface area contributed by atoms with Crippen LogP contribution in [0, 0.1) is 6.92 Å². The minimum Gasteiger partial charge on any atom is -0.363 e. The Bertz CT molecular complexity index is 840. The zero-order chi connectivity index (χ0) is 19.6. The number of carbonyl (C=O) groups is 2. The lowest BCUT2D eigenvalue weighted by Gasteiger charge is -2.47. The topological polar surface area (TPSA) is 49.9 Å². The van der Waals surface area contributed by atoms with Gasteiger partial charge < -0.3 is 14.5 Å². The number of anilines is 1. The van der Waals surface area contributed by atoms with Crippen molar-refractivity contribution in [3.8, 4) is 0 Å². The molecule has 0 atom stereocenters. The molecule has 0 unspecified atom stereocenters. The number of ether oxygens (including phenoxy) is 1. The van der Waals surface area contributed by atoms with Crippen molar-refractivity contribution in [2.24, 2.45) is 0 Å². The summed E-state index contributed by atoms with van der Waals surface area (Å²) in [6, 6.07) is 17.9. The quantitative estimate of drug-likeness (QED) is 0.825. The second-order valence-electron chi connectivity index (χ2n) is 7.83. The Morgan fingerprint density at radius 3 is 2.39 bits per heavy atom. The first kappa shape index (κ1) is 18.7. The molecule has 2 saturated heterocycles. The second-order valence-corrected chi connectivity index (χ2v) is 7.83. The summed E-state index contributed by atoms with van der Waals surface area (Å²) in [5.41, 5.74) is 2.80. The molecule has 2 aromatic carbocycles. The number of para-hydroxylation sites is 1. The summed E-state index contributed by atoms with van der Waals surface area (Å²) in [7, 11) is 0. The number of rotatable bonds is 3. The first-order valence-electron chi connectivity index (χ1n) is 9.87. The number of amides is 2. The Labute approximate surface area is 165 Å². The zero-order valence-electron chi connectivity index (χ0n) is 16.3. The minimum atomic E-state index is -0.357. The van der Waals surface area contributed by atoms with E-state index in [1.165, 1.54) is 5.56 Å². The highest BCUT2D eigenvalue weighted by Crippen LogP contribution is 2.32. The van der Waals surface area contributed by atoms with Crippen molar-refractivity contribution in [1.82, 2.24) is 4.90 Å². The number of nitrogens with zero attached hydrogens (tertiary/aromatic N) is 2. The van der Waals surface area contributed by atoms with E-state index < -0.39 is 0 Å². The summed E-state index contributed by atoms with van der Waals surface area (Å²) in [6.07, 6.45) is 1.94. The molecule has 2 fully saturated rings. The Hall–Kier alpha value is -2.66. The molecule has 0 aromatic heterocycles. The van der Waals surface area contributed by atoms with Crippen LogP contribution in [0.3, 0.4) is 0 Å². The van der Waals surface area contributed by atoms with Gasteiger partial charge in [0.05, 0.1) is 18.6 Å². The molecule has 2 aromatic rings. The molecule has 0 saturated carbocycles. The van der Waals surface area contributed by atoms with Gasteiger partial charge in [-0.15, -0.1) is 0 Å². The highest BCUT2D eigenvalue weighted by molar-refractivity contribution is 5.95. The van der Waals surface area contributed by atoms with Crippen LogP contribution in [0.15, 0.2) is 54.6 Å². The Balaban J connectivity index is 1.38. The molecule has 2 aliphatic rings. The zero-order valence-corrected chi connectivity index (χ0v) is 16.3. The fourth-order valence-corrected chi connectivity index (χ4v) is 4.02. The SMILES string of the molecule is Cc1ccc(CC(=O)N2CCC3(CC2)CN(c2ccccc2)C(=O)CO3)cc1. The Morgan fingerprint density at radius 1 is 1.04 bits per heavy atom. The molecule has 1 spiro atoms. The number of piperidine rings is 1. The summed E-state index contributed by atoms with van der Waals surface area (Å²) in [6.45, 7) is 4.04. The van der Waals surface area contributed by atoms with E-state index in [1.807, 2.05) is 71.3 Å². The van der Waals surface area contributed by atoms with Gasteiger partial charge in [-0.3, -0.25) is 9.59 Å². The minimum absolute atomic E-state index is 0.00491. The molecule has 5 nitrogen and oxygen atoms in total. The van der Waals surface area contributed by atoms with Crippen LogP contribution >= 0.6 is 0 Å². The van der Waals surface area contributed by atoms with Gasteiger partial charge in [0, 0.05) is 18.8 Å². The fraction of sp³-hybridized carbons (Fsp3) is 0.391. The summed E-state index contributed by atoms with van der Waals surface area (Å²) < 4.78 is 6.00. The smallest absolute Gasteiger partial charge is 0.253 e. The number of hydrogen-bond acceptors (Lipinski definition) is 3. The van der Waals surface area contributed by atoms with Gasteiger partial charge in [0.2, 0.25) is 5.91 Å². The lowest BCUT2D eigenvalue weighted by Crippen LogP contribution is -2.59. The van der Waals surface area contributed by atoms with E-state index >= 15 is 0 Å². The predicted molar refractivity (Wildman–Crippen MR) is 108 cm³/mol. The standard InChI is InChI=1S/C23H26N2O3/c1-18-7-9-19(10-8-18)15-21(26)24-13-11-23(12-14-24)17-25(22(27)16-28-23)20-5-3-2-4-6-20/h2-10H,11-17H2,1H3. The maximum Gasteiger partial charge on any atom is 0.253 e. The van der Waals surface area contributed by atoms with Crippen LogP contribution in [0.5, 0.6) is 0 Å². The van der Waals surface area contributed by atoms with E-state index in [4.69, 9.17) is 4.74 Å². The van der Waals surface area contributed by atoms with Crippen LogP contribution in [-0.2, 0) is 20.7 Å². The number of aryl methyl sites for hydroxylation is 1. The van der Waals surface area contributed by atoms with Gasteiger partial charge in [-0.2, -0.15) is 0 Å². The summed E-state index contributed by atoms with van der Waals surface area (Å²) in [5, 5.41) is 0. The first-order chi connectivity index (χ1) is 13.5. The van der Waals surface area contributed by atoms with E-state index in [0.29, 0.717) is 26.1 Å². The molecule has 146 valence electrons. The fourth-order valence-electron chi connectivity index (χ4n) is 4.02. The van der Waals surface area contributed by atoms with Crippen molar-refractivity contribution in [3.63, 3.8) is 0 Å². The maximum atomic E-state index is 12.7. The molecular formula is C23H26N2O3. The van der Waals surface area contributed by atoms with E-state index in [9.17, 15) is 9.59 Å². The molecule has 0 radical (unpaired) electrons. The average Bonchev–Trinajstić information content (AvgIpc) is 2.73. The van der Waals surface area contributed by atoms with Gasteiger partial charge in [0.25, 0.3) is 5.91 Å². The summed E-state index contributed by atoms with van der Waals surface area (Å²) in [4.78, 5) is 28.8. The summed E-state index contributed by atoms with van der Waals surface area (Å²) >= 11 is 0. The molecule has 5 heteroatoms. The molecule has 2 heterocycles. The number of carbonyl (C=O) groups excluding carboxylic acids is 2. The van der Waals surface area contributed by atoms with E-state index in [-0.39, 0.29) is 24.0 Å². The van der Waals surface area contributed by atoms with E-state index in [2.05, 4.69) is 0 Å². The Kier molecular flexibility index (Phi) is 5.18. The number of likely N-dealkylation sites (tertiary alicyclic amines) is 1. The third-order valence-corrected chi connectivity index (χ3v) is 5.82. The first-order valence-corrected chi connectivity index (χ1v) is 9.87. The molecule has 0 bridgehead atoms. The van der Waals surface area contributed by atoms with Gasteiger partial charge in [-0.1, -0.05) is 48.0 Å². The van der Waals surface area contributed by atoms with Crippen LogP contribution < -0.4 is 4.90 Å². The van der Waals surface area contributed by atoms with Gasteiger partial charge in [0.15, 0.2) is 0 Å². The van der Waals surface area contributed by atoms with E-state index in [1.54, 1.807) is 0 Å². The van der Waals surface area contributed by atoms with Crippen LogP contribution in [0.2, 0.25) is 0 Å². The van der Waals surface area contributed by atoms with Crippen molar-refractivity contribution >= 4 is 17.5 Å². The molecule has 2 amide bonds. The molecule has 0 N–H and O–H groups in total. The van der Waals surface area contributed by atoms with Crippen LogP contribution in [0.1, 0.15) is 24.0 Å². The number of hydrogen-bond donors (Lipinski definition) is 0. The van der Waals surface area contributed by atoms with Crippen LogP contribution in [0.4, 0.5) is 5.69 Å². The van der Waals surface area contributed by atoms with Crippen LogP contribution in [0.25, 0.3) is 0 Å². The number of benzene rings is 2. The lowest BCUT2D eigenvalue weighted by atomic mass is 9.88. The molecule has 0 aliphatic carbocycles. The predicted octanol–water partition coefficient (Wildman–Crippen LogP) is 2.96. The second kappa shape index (κ2) is 7.76. The van der Waals surface area contributed by atoms with Crippen molar-refractivity contribution in [2.75, 3.05) is 31.1 Å². The summed E-state index contributed by atoms with van der Waals surface area (Å²) in [5.74, 6) is 0.153. The molecule has 2 aliphatic heterocycles. The molecule has 28 heavy (non-hydrogen) atoms. The van der Waals surface area contributed by atoms with Gasteiger partial charge in [-0.25, -0.2) is 0 Å². The monoisotopic (exact) mass is 378 g/mol. The van der Waals surface area contributed by atoms with Crippen molar-refractivity contribution < 1.29 is 14.3 Å². The molecule has 4 rings (SSSR count). The largest absolute Gasteiger partial charge is 0.363 e. The maximum absolute atomic E-state index is 12.7. The third-order valence-electron chi connectivity index (χ3n) is 5.82. The highest BCUT2D eigenvalue weighted by atomic mass is 16.5. The average molecular weight is 378 g/mol. The highest BCUT2D eigenvalue weighted by Gasteiger charge is 2.43.